The lowest BCUT2D eigenvalue weighted by molar-refractivity contribution is 1.71. The highest BCUT2D eigenvalue weighted by molar-refractivity contribution is 6.91. The van der Waals surface area contributed by atoms with Crippen molar-refractivity contribution in [3.05, 3.63) is 36.9 Å². The Labute approximate surface area is 87.7 Å². The van der Waals surface area contributed by atoms with Gasteiger partial charge in [-0.1, -0.05) is 55.2 Å². The fraction of sp³-hybridized carbons (Fsp3) is 0.222. The highest BCUT2D eigenvalue weighted by Gasteiger charge is 2.14. The van der Waals surface area contributed by atoms with Crippen LogP contribution in [0.2, 0.25) is 13.1 Å². The molecule has 0 bridgehead atoms. The Balaban J connectivity index is 0. The van der Waals surface area contributed by atoms with Crippen molar-refractivity contribution in [2.24, 2.45) is 0 Å². The van der Waals surface area contributed by atoms with Gasteiger partial charge in [0, 0.05) is 24.5 Å². The van der Waals surface area contributed by atoms with Gasteiger partial charge in [0.15, 0.2) is 0 Å². The molecule has 0 heterocycles. The topological polar surface area (TPSA) is 0 Å². The first-order valence-electron chi connectivity index (χ1n) is 3.51. The first-order chi connectivity index (χ1) is 4.61. The van der Waals surface area contributed by atoms with E-state index in [2.05, 4.69) is 43.9 Å². The van der Waals surface area contributed by atoms with Crippen LogP contribution in [0.25, 0.3) is 0 Å². The molecule has 57 valence electrons. The third kappa shape index (κ3) is 3.40. The highest BCUT2D eigenvalue weighted by Crippen LogP contribution is 1.99. The van der Waals surface area contributed by atoms with Gasteiger partial charge in [0.2, 0.25) is 0 Å². The van der Waals surface area contributed by atoms with Gasteiger partial charge in [0.1, 0.15) is 0 Å². The molecule has 1 aromatic rings. The second-order valence-corrected chi connectivity index (χ2v) is 7.60. The van der Waals surface area contributed by atoms with Crippen molar-refractivity contribution >= 4 is 36.3 Å². The first kappa shape index (κ1) is 11.2. The molecule has 0 N–H and O–H groups in total. The van der Waals surface area contributed by atoms with Gasteiger partial charge in [-0.2, -0.15) is 0 Å². The smallest absolute Gasteiger partial charge is 0.0654 e. The van der Waals surface area contributed by atoms with Crippen molar-refractivity contribution in [3.63, 3.8) is 0 Å². The SMILES string of the molecule is [CH2][Si](C)(C)c1ccccc1.[HH].[Mg]. The summed E-state index contributed by atoms with van der Waals surface area (Å²) in [5.41, 5.74) is 0. The van der Waals surface area contributed by atoms with E-state index in [1.54, 1.807) is 0 Å². The predicted octanol–water partition coefficient (Wildman–Crippen LogP) is 1.84. The molecular weight excluding hydrogens is 160 g/mol. The molecule has 0 spiro atoms. The molecule has 3 radical (unpaired) electrons. The molecule has 0 saturated heterocycles. The fourth-order valence-corrected chi connectivity index (χ4v) is 1.98. The summed E-state index contributed by atoms with van der Waals surface area (Å²) in [4.78, 5) is 0. The molecule has 0 amide bonds. The van der Waals surface area contributed by atoms with Gasteiger partial charge in [0.05, 0.1) is 8.07 Å². The van der Waals surface area contributed by atoms with Crippen LogP contribution in [0, 0.1) is 6.55 Å². The average Bonchev–Trinajstić information content (AvgIpc) is 1.88. The number of benzene rings is 1. The summed E-state index contributed by atoms with van der Waals surface area (Å²) < 4.78 is 0. The van der Waals surface area contributed by atoms with Gasteiger partial charge in [-0.05, 0) is 0 Å². The molecule has 11 heavy (non-hydrogen) atoms. The molecule has 0 nitrogen and oxygen atoms in total. The minimum atomic E-state index is -1.28. The third-order valence-corrected chi connectivity index (χ3v) is 3.45. The first-order valence-corrected chi connectivity index (χ1v) is 6.72. The Morgan fingerprint density at radius 2 is 1.64 bits per heavy atom. The van der Waals surface area contributed by atoms with Crippen LogP contribution < -0.4 is 5.19 Å². The lowest BCUT2D eigenvalue weighted by Crippen LogP contribution is -2.37. The standard InChI is InChI=1S/C9H13Si.Mg.H2/c1-10(2,3)9-7-5-4-6-8-9;;/h4-8H,1H2,2-3H3;;1H. The van der Waals surface area contributed by atoms with E-state index in [9.17, 15) is 0 Å². The summed E-state index contributed by atoms with van der Waals surface area (Å²) in [6.45, 7) is 8.68. The van der Waals surface area contributed by atoms with Crippen LogP contribution >= 0.6 is 0 Å². The zero-order valence-electron chi connectivity index (χ0n) is 7.30. The van der Waals surface area contributed by atoms with Crippen LogP contribution in [-0.4, -0.2) is 31.1 Å². The third-order valence-electron chi connectivity index (χ3n) is 1.56. The minimum Gasteiger partial charge on any atom is -0.0654 e. The number of hydrogen-bond donors (Lipinski definition) is 0. The molecule has 1 rings (SSSR count). The molecule has 0 fully saturated rings. The van der Waals surface area contributed by atoms with Crippen molar-refractivity contribution in [2.75, 3.05) is 0 Å². The van der Waals surface area contributed by atoms with E-state index in [0.29, 0.717) is 0 Å². The fourth-order valence-electron chi connectivity index (χ4n) is 0.889. The molecule has 0 aliphatic rings. The van der Waals surface area contributed by atoms with E-state index >= 15 is 0 Å². The largest absolute Gasteiger partial charge is 0.0803 e. The van der Waals surface area contributed by atoms with Crippen molar-refractivity contribution in [1.29, 1.82) is 0 Å². The van der Waals surface area contributed by atoms with Crippen LogP contribution in [-0.2, 0) is 0 Å². The summed E-state index contributed by atoms with van der Waals surface area (Å²) in [6.07, 6.45) is 0. The highest BCUT2D eigenvalue weighted by atomic mass is 28.3. The Hall–Kier alpha value is 0.203. The van der Waals surface area contributed by atoms with E-state index < -0.39 is 8.07 Å². The lowest BCUT2D eigenvalue weighted by Gasteiger charge is -2.15. The van der Waals surface area contributed by atoms with E-state index in [-0.39, 0.29) is 24.5 Å². The van der Waals surface area contributed by atoms with Crippen LogP contribution in [0.15, 0.2) is 30.3 Å². The van der Waals surface area contributed by atoms with E-state index in [1.807, 2.05) is 6.07 Å². The quantitative estimate of drug-likeness (QED) is 0.572. The van der Waals surface area contributed by atoms with Gasteiger partial charge < -0.3 is 0 Å². The summed E-state index contributed by atoms with van der Waals surface area (Å²) >= 11 is 0. The summed E-state index contributed by atoms with van der Waals surface area (Å²) in [5, 5.41) is 1.43. The molecule has 1 aromatic carbocycles. The van der Waals surface area contributed by atoms with E-state index in [1.165, 1.54) is 5.19 Å². The normalized spacial score (nSPS) is 10.5. The van der Waals surface area contributed by atoms with Crippen LogP contribution in [0.5, 0.6) is 0 Å². The summed E-state index contributed by atoms with van der Waals surface area (Å²) in [6, 6.07) is 10.5. The summed E-state index contributed by atoms with van der Waals surface area (Å²) in [5.74, 6) is 0. The van der Waals surface area contributed by atoms with Gasteiger partial charge >= 0.3 is 0 Å². The number of rotatable bonds is 1. The maximum Gasteiger partial charge on any atom is 0.0803 e. The minimum absolute atomic E-state index is 0. The van der Waals surface area contributed by atoms with Crippen molar-refractivity contribution in [3.8, 4) is 0 Å². The molecule has 0 unspecified atom stereocenters. The maximum atomic E-state index is 4.18. The molecule has 0 aromatic heterocycles. The Morgan fingerprint density at radius 3 is 1.91 bits per heavy atom. The maximum absolute atomic E-state index is 4.18. The molecule has 2 heteroatoms. The van der Waals surface area contributed by atoms with Crippen LogP contribution in [0.3, 0.4) is 0 Å². The van der Waals surface area contributed by atoms with Crippen LogP contribution in [0.4, 0.5) is 0 Å². The predicted molar refractivity (Wildman–Crippen MR) is 56.8 cm³/mol. The molecule has 0 aliphatic carbocycles. The molecule has 0 aliphatic heterocycles. The van der Waals surface area contributed by atoms with Crippen molar-refractivity contribution < 1.29 is 1.43 Å². The summed E-state index contributed by atoms with van der Waals surface area (Å²) in [7, 11) is -1.28. The lowest BCUT2D eigenvalue weighted by atomic mass is 10.4. The zero-order valence-corrected chi connectivity index (χ0v) is 9.72. The molecular formula is C9H15MgSi. The van der Waals surface area contributed by atoms with Gasteiger partial charge in [-0.25, -0.2) is 0 Å². The average molecular weight is 176 g/mol. The molecule has 0 atom stereocenters. The van der Waals surface area contributed by atoms with Gasteiger partial charge in [-0.15, -0.1) is 0 Å². The second kappa shape index (κ2) is 4.28. The molecule has 0 saturated carbocycles. The Kier molecular flexibility index (Phi) is 4.36. The number of hydrogen-bond acceptors (Lipinski definition) is 0. The Bertz CT molecular complexity index is 206. The second-order valence-electron chi connectivity index (χ2n) is 3.25. The zero-order chi connectivity index (χ0) is 7.61. The van der Waals surface area contributed by atoms with Crippen molar-refractivity contribution in [1.82, 2.24) is 0 Å². The van der Waals surface area contributed by atoms with Gasteiger partial charge in [0.25, 0.3) is 0 Å². The van der Waals surface area contributed by atoms with E-state index in [0.717, 1.165) is 0 Å². The Morgan fingerprint density at radius 1 is 1.18 bits per heavy atom. The monoisotopic (exact) mass is 175 g/mol. The van der Waals surface area contributed by atoms with Crippen molar-refractivity contribution in [2.45, 2.75) is 13.1 Å². The van der Waals surface area contributed by atoms with E-state index in [4.69, 9.17) is 0 Å². The van der Waals surface area contributed by atoms with Crippen LogP contribution in [0.1, 0.15) is 1.43 Å². The van der Waals surface area contributed by atoms with Gasteiger partial charge in [-0.3, -0.25) is 0 Å².